The summed E-state index contributed by atoms with van der Waals surface area (Å²) in [6.07, 6.45) is 1.28. The van der Waals surface area contributed by atoms with Crippen molar-refractivity contribution in [1.82, 2.24) is 19.2 Å². The molecule has 2 aromatic heterocycles. The highest BCUT2D eigenvalue weighted by Crippen LogP contribution is 2.11. The molecule has 9 heteroatoms. The quantitative estimate of drug-likeness (QED) is 0.618. The number of rotatable bonds is 8. The van der Waals surface area contributed by atoms with Crippen LogP contribution in [0.5, 0.6) is 0 Å². The number of fused-ring (bicyclic) bond motifs is 1. The summed E-state index contributed by atoms with van der Waals surface area (Å²) >= 11 is 1.45. The van der Waals surface area contributed by atoms with Crippen molar-refractivity contribution in [3.05, 3.63) is 33.7 Å². The number of hydrogen-bond donors (Lipinski definition) is 0. The monoisotopic (exact) mass is 394 g/mol. The van der Waals surface area contributed by atoms with Gasteiger partial charge in [-0.15, -0.1) is 11.3 Å². The Morgan fingerprint density at radius 3 is 2.81 bits per heavy atom. The molecule has 1 amide bonds. The Kier molecular flexibility index (Phi) is 6.95. The van der Waals surface area contributed by atoms with Crippen LogP contribution >= 0.6 is 11.3 Å². The molecule has 1 atom stereocenters. The second-order valence-electron chi connectivity index (χ2n) is 6.45. The second-order valence-corrected chi connectivity index (χ2v) is 7.33. The molecule has 8 nitrogen and oxygen atoms in total. The van der Waals surface area contributed by atoms with Crippen LogP contribution < -0.4 is 5.56 Å². The van der Waals surface area contributed by atoms with E-state index < -0.39 is 6.10 Å². The number of aromatic nitrogens is 2. The van der Waals surface area contributed by atoms with E-state index in [1.807, 2.05) is 17.2 Å². The molecule has 1 unspecified atom stereocenters. The van der Waals surface area contributed by atoms with Gasteiger partial charge in [-0.2, -0.15) is 0 Å². The third-order valence-corrected chi connectivity index (χ3v) is 5.33. The Hall–Kier alpha value is -1.81. The molecular formula is C18H26N4O4S. The van der Waals surface area contributed by atoms with Gasteiger partial charge >= 0.3 is 0 Å². The highest BCUT2D eigenvalue weighted by atomic mass is 32.1. The van der Waals surface area contributed by atoms with Gasteiger partial charge in [0.1, 0.15) is 6.10 Å². The minimum Gasteiger partial charge on any atom is -0.379 e. The minimum absolute atomic E-state index is 0.0162. The summed E-state index contributed by atoms with van der Waals surface area (Å²) in [6.45, 7) is 8.71. The zero-order valence-electron chi connectivity index (χ0n) is 15.8. The number of thiazole rings is 1. The summed E-state index contributed by atoms with van der Waals surface area (Å²) < 4.78 is 12.3. The Morgan fingerprint density at radius 2 is 2.07 bits per heavy atom. The zero-order valence-corrected chi connectivity index (χ0v) is 16.6. The Balaban J connectivity index is 1.48. The molecule has 0 N–H and O–H groups in total. The van der Waals surface area contributed by atoms with Crippen LogP contribution in [0.1, 0.15) is 19.5 Å². The lowest BCUT2D eigenvalue weighted by molar-refractivity contribution is -0.145. The maximum Gasteiger partial charge on any atom is 0.258 e. The number of hydrogen-bond acceptors (Lipinski definition) is 7. The average Bonchev–Trinajstić information content (AvgIpc) is 3.14. The first-order chi connectivity index (χ1) is 13.1. The Bertz CT molecular complexity index is 813. The third kappa shape index (κ3) is 5.13. The van der Waals surface area contributed by atoms with Gasteiger partial charge < -0.3 is 14.4 Å². The van der Waals surface area contributed by atoms with E-state index in [2.05, 4.69) is 9.88 Å². The number of nitrogens with zero attached hydrogens (tertiary/aromatic N) is 4. The normalized spacial score (nSPS) is 16.7. The van der Waals surface area contributed by atoms with Crippen LogP contribution in [0, 0.1) is 0 Å². The van der Waals surface area contributed by atoms with Crippen LogP contribution in [-0.2, 0) is 20.8 Å². The summed E-state index contributed by atoms with van der Waals surface area (Å²) in [5.41, 5.74) is 0.720. The van der Waals surface area contributed by atoms with Crippen LogP contribution in [0.15, 0.2) is 22.4 Å². The molecule has 0 radical (unpaired) electrons. The predicted molar refractivity (Wildman–Crippen MR) is 103 cm³/mol. The third-order valence-electron chi connectivity index (χ3n) is 4.57. The predicted octanol–water partition coefficient (Wildman–Crippen LogP) is 0.842. The van der Waals surface area contributed by atoms with Gasteiger partial charge in [0.15, 0.2) is 4.96 Å². The highest BCUT2D eigenvalue weighted by Gasteiger charge is 2.25. The molecule has 148 valence electrons. The molecule has 1 saturated heterocycles. The molecule has 3 heterocycles. The van der Waals surface area contributed by atoms with Crippen LogP contribution in [0.2, 0.25) is 0 Å². The first-order valence-corrected chi connectivity index (χ1v) is 10.1. The molecule has 0 aliphatic carbocycles. The van der Waals surface area contributed by atoms with Crippen molar-refractivity contribution in [2.75, 3.05) is 46.0 Å². The van der Waals surface area contributed by atoms with Gasteiger partial charge in [-0.05, 0) is 13.8 Å². The lowest BCUT2D eigenvalue weighted by atomic mass is 10.2. The van der Waals surface area contributed by atoms with E-state index in [-0.39, 0.29) is 11.5 Å². The van der Waals surface area contributed by atoms with Gasteiger partial charge in [0.2, 0.25) is 0 Å². The van der Waals surface area contributed by atoms with Gasteiger partial charge in [0.25, 0.3) is 11.5 Å². The Labute approximate surface area is 162 Å². The first-order valence-electron chi connectivity index (χ1n) is 9.24. The van der Waals surface area contributed by atoms with E-state index in [1.165, 1.54) is 11.3 Å². The molecule has 1 aliphatic heterocycles. The smallest absolute Gasteiger partial charge is 0.258 e. The fourth-order valence-corrected chi connectivity index (χ4v) is 3.82. The van der Waals surface area contributed by atoms with Crippen molar-refractivity contribution in [2.45, 2.75) is 26.5 Å². The Morgan fingerprint density at radius 1 is 1.30 bits per heavy atom. The van der Waals surface area contributed by atoms with E-state index in [0.29, 0.717) is 44.4 Å². The summed E-state index contributed by atoms with van der Waals surface area (Å²) in [6, 6.07) is 1.59. The summed E-state index contributed by atoms with van der Waals surface area (Å²) in [5.74, 6) is 0.0162. The maximum absolute atomic E-state index is 12.5. The van der Waals surface area contributed by atoms with Crippen molar-refractivity contribution in [1.29, 1.82) is 0 Å². The number of carbonyl (C=O) groups excluding carboxylic acids is 1. The standard InChI is InChI=1S/C18H26N4O4S/c1-3-25-9-10-26-14(2)17(24)21-6-4-20(5-7-21)13-15-12-16(23)22-8-11-27-18(22)19-15/h8,11-12,14H,3-7,9-10,13H2,1-2H3. The molecule has 0 saturated carbocycles. The van der Waals surface area contributed by atoms with Gasteiger partial charge in [-0.3, -0.25) is 18.9 Å². The van der Waals surface area contributed by atoms with E-state index in [0.717, 1.165) is 18.8 Å². The van der Waals surface area contributed by atoms with Crippen LogP contribution in [0.3, 0.4) is 0 Å². The maximum atomic E-state index is 12.5. The summed E-state index contributed by atoms with van der Waals surface area (Å²) in [4.78, 5) is 33.9. The molecule has 0 spiro atoms. The van der Waals surface area contributed by atoms with Crippen LogP contribution in [0.4, 0.5) is 0 Å². The van der Waals surface area contributed by atoms with E-state index in [1.54, 1.807) is 23.6 Å². The van der Waals surface area contributed by atoms with Crippen LogP contribution in [-0.4, -0.2) is 77.2 Å². The molecule has 3 rings (SSSR count). The number of piperazine rings is 1. The topological polar surface area (TPSA) is 76.4 Å². The number of carbonyl (C=O) groups is 1. The van der Waals surface area contributed by atoms with Gasteiger partial charge in [-0.1, -0.05) is 0 Å². The average molecular weight is 394 g/mol. The second kappa shape index (κ2) is 9.41. The van der Waals surface area contributed by atoms with Crippen molar-refractivity contribution in [2.24, 2.45) is 0 Å². The highest BCUT2D eigenvalue weighted by molar-refractivity contribution is 7.15. The molecule has 2 aromatic rings. The lowest BCUT2D eigenvalue weighted by Crippen LogP contribution is -2.51. The van der Waals surface area contributed by atoms with Gasteiger partial charge in [0, 0.05) is 57.0 Å². The minimum atomic E-state index is -0.458. The summed E-state index contributed by atoms with van der Waals surface area (Å²) in [7, 11) is 0. The number of amides is 1. The first kappa shape index (κ1) is 19.9. The van der Waals surface area contributed by atoms with Crippen molar-refractivity contribution in [3.63, 3.8) is 0 Å². The molecule has 0 bridgehead atoms. The van der Waals surface area contributed by atoms with Crippen LogP contribution in [0.25, 0.3) is 4.96 Å². The number of ether oxygens (including phenoxy) is 2. The van der Waals surface area contributed by atoms with Crippen molar-refractivity contribution >= 4 is 22.2 Å². The molecule has 1 fully saturated rings. The fraction of sp³-hybridized carbons (Fsp3) is 0.611. The molecule has 0 aromatic carbocycles. The van der Waals surface area contributed by atoms with E-state index in [9.17, 15) is 9.59 Å². The van der Waals surface area contributed by atoms with E-state index in [4.69, 9.17) is 9.47 Å². The van der Waals surface area contributed by atoms with Crippen molar-refractivity contribution in [3.8, 4) is 0 Å². The summed E-state index contributed by atoms with van der Waals surface area (Å²) in [5, 5.41) is 1.86. The molecular weight excluding hydrogens is 368 g/mol. The lowest BCUT2D eigenvalue weighted by Gasteiger charge is -2.35. The zero-order chi connectivity index (χ0) is 19.2. The molecule has 1 aliphatic rings. The SMILES string of the molecule is CCOCCOC(C)C(=O)N1CCN(Cc2cc(=O)n3ccsc3n2)CC1. The molecule has 27 heavy (non-hydrogen) atoms. The van der Waals surface area contributed by atoms with Crippen molar-refractivity contribution < 1.29 is 14.3 Å². The van der Waals surface area contributed by atoms with Gasteiger partial charge in [-0.25, -0.2) is 4.98 Å². The van der Waals surface area contributed by atoms with Gasteiger partial charge in [0.05, 0.1) is 18.9 Å². The van der Waals surface area contributed by atoms with E-state index >= 15 is 0 Å². The largest absolute Gasteiger partial charge is 0.379 e. The fourth-order valence-electron chi connectivity index (χ4n) is 3.08.